The Morgan fingerprint density at radius 1 is 1.32 bits per heavy atom. The van der Waals surface area contributed by atoms with Crippen LogP contribution in [0, 0.1) is 0 Å². The van der Waals surface area contributed by atoms with Crippen LogP contribution in [0.4, 0.5) is 4.79 Å². The van der Waals surface area contributed by atoms with Gasteiger partial charge in [-0.3, -0.25) is 4.79 Å². The van der Waals surface area contributed by atoms with Crippen LogP contribution in [0.2, 0.25) is 0 Å². The minimum atomic E-state index is -0.427. The summed E-state index contributed by atoms with van der Waals surface area (Å²) in [4.78, 5) is 25.1. The molecule has 0 aromatic heterocycles. The summed E-state index contributed by atoms with van der Waals surface area (Å²) in [7, 11) is 1.64. The van der Waals surface area contributed by atoms with Crippen molar-refractivity contribution < 1.29 is 14.3 Å². The molecule has 0 spiro atoms. The summed E-state index contributed by atoms with van der Waals surface area (Å²) >= 11 is 0. The zero-order chi connectivity index (χ0) is 13.7. The SMILES string of the molecule is CN(C(=O)OCc1ccccc1)C1CCCCC1=O. The van der Waals surface area contributed by atoms with Gasteiger partial charge >= 0.3 is 6.09 Å². The van der Waals surface area contributed by atoms with Crippen LogP contribution in [0.3, 0.4) is 0 Å². The Hall–Kier alpha value is -1.84. The first-order valence-corrected chi connectivity index (χ1v) is 6.64. The Labute approximate surface area is 113 Å². The van der Waals surface area contributed by atoms with Gasteiger partial charge in [0.2, 0.25) is 0 Å². The number of Topliss-reactive ketones (excluding diaryl/α,β-unsaturated/α-hetero) is 1. The van der Waals surface area contributed by atoms with E-state index in [1.54, 1.807) is 7.05 Å². The number of benzene rings is 1. The quantitative estimate of drug-likeness (QED) is 0.840. The molecule has 1 amide bonds. The summed E-state index contributed by atoms with van der Waals surface area (Å²) in [6.45, 7) is 0.241. The molecular formula is C15H19NO3. The van der Waals surface area contributed by atoms with Gasteiger partial charge in [0.05, 0.1) is 6.04 Å². The number of carbonyl (C=O) groups is 2. The third-order valence-electron chi connectivity index (χ3n) is 3.48. The Balaban J connectivity index is 1.87. The highest BCUT2D eigenvalue weighted by Gasteiger charge is 2.29. The van der Waals surface area contributed by atoms with E-state index < -0.39 is 6.09 Å². The highest BCUT2D eigenvalue weighted by atomic mass is 16.6. The van der Waals surface area contributed by atoms with E-state index in [0.29, 0.717) is 6.42 Å². The van der Waals surface area contributed by atoms with Gasteiger partial charge in [-0.1, -0.05) is 36.8 Å². The lowest BCUT2D eigenvalue weighted by Crippen LogP contribution is -2.44. The van der Waals surface area contributed by atoms with E-state index in [1.807, 2.05) is 30.3 Å². The lowest BCUT2D eigenvalue weighted by atomic mass is 9.93. The molecule has 1 saturated carbocycles. The summed E-state index contributed by atoms with van der Waals surface area (Å²) in [5, 5.41) is 0. The minimum absolute atomic E-state index is 0.144. The maximum Gasteiger partial charge on any atom is 0.410 e. The van der Waals surface area contributed by atoms with Crippen LogP contribution in [0.15, 0.2) is 30.3 Å². The fourth-order valence-electron chi connectivity index (χ4n) is 2.32. The van der Waals surface area contributed by atoms with Crippen molar-refractivity contribution in [2.45, 2.75) is 38.3 Å². The van der Waals surface area contributed by atoms with Gasteiger partial charge < -0.3 is 9.64 Å². The summed E-state index contributed by atoms with van der Waals surface area (Å²) in [5.74, 6) is 0.144. The van der Waals surface area contributed by atoms with Crippen LogP contribution in [0.1, 0.15) is 31.2 Å². The first kappa shape index (κ1) is 13.6. The van der Waals surface area contributed by atoms with Crippen molar-refractivity contribution in [1.29, 1.82) is 0 Å². The third kappa shape index (κ3) is 3.56. The molecule has 0 saturated heterocycles. The molecule has 19 heavy (non-hydrogen) atoms. The van der Waals surface area contributed by atoms with Crippen LogP contribution >= 0.6 is 0 Å². The van der Waals surface area contributed by atoms with E-state index in [4.69, 9.17) is 4.74 Å². The molecule has 1 aliphatic carbocycles. The topological polar surface area (TPSA) is 46.6 Å². The predicted octanol–water partition coefficient (Wildman–Crippen LogP) is 2.77. The Bertz CT molecular complexity index is 444. The van der Waals surface area contributed by atoms with Gasteiger partial charge in [-0.25, -0.2) is 4.79 Å². The molecule has 2 rings (SSSR count). The van der Waals surface area contributed by atoms with Crippen molar-refractivity contribution in [1.82, 2.24) is 4.90 Å². The average Bonchev–Trinajstić information content (AvgIpc) is 2.45. The molecule has 1 fully saturated rings. The molecule has 4 heteroatoms. The monoisotopic (exact) mass is 261 g/mol. The molecule has 0 N–H and O–H groups in total. The highest BCUT2D eigenvalue weighted by Crippen LogP contribution is 2.19. The molecule has 1 aromatic carbocycles. The lowest BCUT2D eigenvalue weighted by molar-refractivity contribution is -0.125. The van der Waals surface area contributed by atoms with Crippen molar-refractivity contribution in [3.63, 3.8) is 0 Å². The smallest absolute Gasteiger partial charge is 0.410 e. The molecule has 1 unspecified atom stereocenters. The molecule has 0 aliphatic heterocycles. The van der Waals surface area contributed by atoms with Crippen LogP contribution in [0.5, 0.6) is 0 Å². The molecule has 0 heterocycles. The van der Waals surface area contributed by atoms with Gasteiger partial charge in [0.15, 0.2) is 5.78 Å². The minimum Gasteiger partial charge on any atom is -0.445 e. The number of ketones is 1. The van der Waals surface area contributed by atoms with Gasteiger partial charge in [-0.05, 0) is 18.4 Å². The second-order valence-corrected chi connectivity index (χ2v) is 4.88. The second-order valence-electron chi connectivity index (χ2n) is 4.88. The molecular weight excluding hydrogens is 242 g/mol. The third-order valence-corrected chi connectivity index (χ3v) is 3.48. The van der Waals surface area contributed by atoms with Crippen LogP contribution < -0.4 is 0 Å². The number of amides is 1. The normalized spacial score (nSPS) is 19.0. The standard InChI is InChI=1S/C15H19NO3/c1-16(13-9-5-6-10-14(13)17)15(18)19-11-12-7-3-2-4-8-12/h2-4,7-8,13H,5-6,9-11H2,1H3. The number of hydrogen-bond donors (Lipinski definition) is 0. The van der Waals surface area contributed by atoms with Crippen molar-refractivity contribution in [3.8, 4) is 0 Å². The fourth-order valence-corrected chi connectivity index (χ4v) is 2.32. The average molecular weight is 261 g/mol. The van der Waals surface area contributed by atoms with Crippen LogP contribution in [0.25, 0.3) is 0 Å². The fraction of sp³-hybridized carbons (Fsp3) is 0.467. The van der Waals surface area contributed by atoms with Gasteiger partial charge in [0.1, 0.15) is 6.61 Å². The summed E-state index contributed by atoms with van der Waals surface area (Å²) in [6, 6.07) is 9.21. The second kappa shape index (κ2) is 6.36. The highest BCUT2D eigenvalue weighted by molar-refractivity contribution is 5.87. The lowest BCUT2D eigenvalue weighted by Gasteiger charge is -2.29. The first-order valence-electron chi connectivity index (χ1n) is 6.64. The molecule has 0 radical (unpaired) electrons. The zero-order valence-electron chi connectivity index (χ0n) is 11.2. The predicted molar refractivity (Wildman–Crippen MR) is 71.7 cm³/mol. The van der Waals surface area contributed by atoms with Gasteiger partial charge in [0.25, 0.3) is 0 Å². The molecule has 1 aliphatic rings. The molecule has 1 atom stereocenters. The van der Waals surface area contributed by atoms with E-state index in [-0.39, 0.29) is 18.4 Å². The number of rotatable bonds is 3. The summed E-state index contributed by atoms with van der Waals surface area (Å²) in [5.41, 5.74) is 0.944. The molecule has 0 bridgehead atoms. The number of nitrogens with zero attached hydrogens (tertiary/aromatic N) is 1. The largest absolute Gasteiger partial charge is 0.445 e. The Kier molecular flexibility index (Phi) is 4.55. The number of hydrogen-bond acceptors (Lipinski definition) is 3. The van der Waals surface area contributed by atoms with E-state index >= 15 is 0 Å². The Morgan fingerprint density at radius 2 is 2.05 bits per heavy atom. The summed E-state index contributed by atoms with van der Waals surface area (Å²) < 4.78 is 5.23. The van der Waals surface area contributed by atoms with Gasteiger partial charge in [-0.15, -0.1) is 0 Å². The van der Waals surface area contributed by atoms with Gasteiger partial charge in [-0.2, -0.15) is 0 Å². The van der Waals surface area contributed by atoms with Gasteiger partial charge in [0, 0.05) is 13.5 Å². The van der Waals surface area contributed by atoms with E-state index in [2.05, 4.69) is 0 Å². The summed E-state index contributed by atoms with van der Waals surface area (Å²) in [6.07, 6.45) is 2.82. The van der Waals surface area contributed by atoms with E-state index in [1.165, 1.54) is 4.90 Å². The Morgan fingerprint density at radius 3 is 2.74 bits per heavy atom. The van der Waals surface area contributed by atoms with Crippen molar-refractivity contribution >= 4 is 11.9 Å². The zero-order valence-corrected chi connectivity index (χ0v) is 11.2. The van der Waals surface area contributed by atoms with E-state index in [9.17, 15) is 9.59 Å². The van der Waals surface area contributed by atoms with E-state index in [0.717, 1.165) is 24.8 Å². The maximum absolute atomic E-state index is 11.9. The van der Waals surface area contributed by atoms with Crippen molar-refractivity contribution in [2.24, 2.45) is 0 Å². The van der Waals surface area contributed by atoms with Crippen molar-refractivity contribution in [2.75, 3.05) is 7.05 Å². The van der Waals surface area contributed by atoms with Crippen LogP contribution in [-0.4, -0.2) is 29.9 Å². The number of likely N-dealkylation sites (N-methyl/N-ethyl adjacent to an activating group) is 1. The molecule has 1 aromatic rings. The molecule has 4 nitrogen and oxygen atoms in total. The maximum atomic E-state index is 11.9. The molecule has 102 valence electrons. The first-order chi connectivity index (χ1) is 9.18. The van der Waals surface area contributed by atoms with Crippen molar-refractivity contribution in [3.05, 3.63) is 35.9 Å². The number of ether oxygens (including phenoxy) is 1. The number of carbonyl (C=O) groups excluding carboxylic acids is 2. The van der Waals surface area contributed by atoms with Crippen LogP contribution in [-0.2, 0) is 16.1 Å².